The van der Waals surface area contributed by atoms with Crippen LogP contribution in [0.5, 0.6) is 0 Å². The van der Waals surface area contributed by atoms with Gasteiger partial charge in [-0.25, -0.2) is 0 Å². The van der Waals surface area contributed by atoms with E-state index in [4.69, 9.17) is 4.74 Å². The number of amides is 1. The molecule has 0 spiro atoms. The summed E-state index contributed by atoms with van der Waals surface area (Å²) in [5.74, 6) is -0.0239. The largest absolute Gasteiger partial charge is 0.378 e. The van der Waals surface area contributed by atoms with E-state index in [9.17, 15) is 4.79 Å². The molecule has 19 heavy (non-hydrogen) atoms. The minimum atomic E-state index is -0.0239. The minimum absolute atomic E-state index is 0.0239. The van der Waals surface area contributed by atoms with Gasteiger partial charge < -0.3 is 10.1 Å². The summed E-state index contributed by atoms with van der Waals surface area (Å²) >= 11 is 4.27. The molecule has 1 aliphatic heterocycles. The summed E-state index contributed by atoms with van der Waals surface area (Å²) in [5.41, 5.74) is 1.68. The fraction of sp³-hybridized carbons (Fsp3) is 0.533. The fourth-order valence-corrected chi connectivity index (χ4v) is 2.54. The highest BCUT2D eigenvalue weighted by Crippen LogP contribution is 2.16. The van der Waals surface area contributed by atoms with E-state index in [1.807, 2.05) is 25.1 Å². The fourth-order valence-electron chi connectivity index (χ4n) is 2.33. The van der Waals surface area contributed by atoms with Crippen LogP contribution in [0.3, 0.4) is 0 Å². The van der Waals surface area contributed by atoms with Crippen molar-refractivity contribution in [2.24, 2.45) is 0 Å². The molecule has 3 nitrogen and oxygen atoms in total. The standard InChI is InChI=1S/C15H21NO2S/c1-11-5-6-13(19)10-14(11)15(17)16-8-7-12-4-2-3-9-18-12/h5-6,10,12,19H,2-4,7-9H2,1H3,(H,16,17). The molecule has 0 bridgehead atoms. The van der Waals surface area contributed by atoms with Crippen molar-refractivity contribution < 1.29 is 9.53 Å². The first kappa shape index (κ1) is 14.4. The Bertz CT molecular complexity index is 442. The van der Waals surface area contributed by atoms with E-state index in [0.717, 1.165) is 36.3 Å². The predicted molar refractivity (Wildman–Crippen MR) is 79.0 cm³/mol. The highest BCUT2D eigenvalue weighted by atomic mass is 32.1. The van der Waals surface area contributed by atoms with Crippen molar-refractivity contribution in [1.29, 1.82) is 0 Å². The Morgan fingerprint density at radius 2 is 2.32 bits per heavy atom. The lowest BCUT2D eigenvalue weighted by Gasteiger charge is -2.22. The van der Waals surface area contributed by atoms with Gasteiger partial charge in [0.05, 0.1) is 6.10 Å². The molecule has 0 aromatic heterocycles. The van der Waals surface area contributed by atoms with Gasteiger partial charge in [-0.1, -0.05) is 6.07 Å². The van der Waals surface area contributed by atoms with Gasteiger partial charge >= 0.3 is 0 Å². The predicted octanol–water partition coefficient (Wildman–Crippen LogP) is 2.97. The zero-order chi connectivity index (χ0) is 13.7. The Labute approximate surface area is 120 Å². The average Bonchev–Trinajstić information content (AvgIpc) is 2.42. The number of hydrogen-bond donors (Lipinski definition) is 2. The highest BCUT2D eigenvalue weighted by Gasteiger charge is 2.14. The lowest BCUT2D eigenvalue weighted by Crippen LogP contribution is -2.29. The van der Waals surface area contributed by atoms with Gasteiger partial charge in [-0.3, -0.25) is 4.79 Å². The van der Waals surface area contributed by atoms with E-state index in [0.29, 0.717) is 18.2 Å². The molecule has 1 aromatic rings. The second-order valence-corrected chi connectivity index (χ2v) is 5.55. The van der Waals surface area contributed by atoms with Gasteiger partial charge in [0, 0.05) is 23.6 Å². The molecule has 1 atom stereocenters. The molecule has 0 radical (unpaired) electrons. The molecule has 1 saturated heterocycles. The number of rotatable bonds is 4. The summed E-state index contributed by atoms with van der Waals surface area (Å²) < 4.78 is 5.64. The van der Waals surface area contributed by atoms with E-state index in [2.05, 4.69) is 17.9 Å². The van der Waals surface area contributed by atoms with Crippen LogP contribution in [0.2, 0.25) is 0 Å². The molecule has 1 amide bonds. The lowest BCUT2D eigenvalue weighted by molar-refractivity contribution is 0.0117. The number of ether oxygens (including phenoxy) is 1. The molecule has 1 aromatic carbocycles. The van der Waals surface area contributed by atoms with Crippen LogP contribution in [-0.2, 0) is 4.74 Å². The van der Waals surface area contributed by atoms with Crippen LogP contribution in [0.15, 0.2) is 23.1 Å². The zero-order valence-corrected chi connectivity index (χ0v) is 12.2. The second-order valence-electron chi connectivity index (χ2n) is 5.03. The van der Waals surface area contributed by atoms with Gasteiger partial charge in [-0.15, -0.1) is 12.6 Å². The second kappa shape index (κ2) is 6.96. The van der Waals surface area contributed by atoms with Crippen molar-refractivity contribution in [3.05, 3.63) is 29.3 Å². The molecular weight excluding hydrogens is 258 g/mol. The maximum Gasteiger partial charge on any atom is 0.251 e. The van der Waals surface area contributed by atoms with Crippen molar-refractivity contribution in [3.8, 4) is 0 Å². The van der Waals surface area contributed by atoms with Crippen LogP contribution in [0.25, 0.3) is 0 Å². The van der Waals surface area contributed by atoms with Crippen molar-refractivity contribution in [3.63, 3.8) is 0 Å². The normalized spacial score (nSPS) is 19.2. The van der Waals surface area contributed by atoms with Crippen molar-refractivity contribution in [1.82, 2.24) is 5.32 Å². The Balaban J connectivity index is 1.82. The first-order valence-electron chi connectivity index (χ1n) is 6.86. The molecule has 2 rings (SSSR count). The van der Waals surface area contributed by atoms with E-state index in [1.165, 1.54) is 6.42 Å². The summed E-state index contributed by atoms with van der Waals surface area (Å²) in [6.07, 6.45) is 4.72. The Hall–Kier alpha value is -1.00. The summed E-state index contributed by atoms with van der Waals surface area (Å²) in [4.78, 5) is 12.9. The quantitative estimate of drug-likeness (QED) is 0.832. The van der Waals surface area contributed by atoms with Crippen LogP contribution in [-0.4, -0.2) is 25.2 Å². The summed E-state index contributed by atoms with van der Waals surface area (Å²) in [7, 11) is 0. The molecule has 1 unspecified atom stereocenters. The zero-order valence-electron chi connectivity index (χ0n) is 11.3. The molecule has 0 aliphatic carbocycles. The monoisotopic (exact) mass is 279 g/mol. The van der Waals surface area contributed by atoms with E-state index < -0.39 is 0 Å². The number of carbonyl (C=O) groups is 1. The Kier molecular flexibility index (Phi) is 5.28. The van der Waals surface area contributed by atoms with Crippen LogP contribution in [0.4, 0.5) is 0 Å². The van der Waals surface area contributed by atoms with Crippen LogP contribution in [0, 0.1) is 6.92 Å². The summed E-state index contributed by atoms with van der Waals surface area (Å²) in [5, 5.41) is 2.96. The van der Waals surface area contributed by atoms with Crippen LogP contribution in [0.1, 0.15) is 41.6 Å². The number of thiol groups is 1. The molecule has 104 valence electrons. The third-order valence-corrected chi connectivity index (χ3v) is 3.77. The van der Waals surface area contributed by atoms with Gasteiger partial charge in [0.2, 0.25) is 0 Å². The maximum atomic E-state index is 12.1. The van der Waals surface area contributed by atoms with E-state index >= 15 is 0 Å². The van der Waals surface area contributed by atoms with E-state index in [-0.39, 0.29) is 5.91 Å². The van der Waals surface area contributed by atoms with Gasteiger partial charge in [-0.05, 0) is 50.3 Å². The Morgan fingerprint density at radius 3 is 3.05 bits per heavy atom. The highest BCUT2D eigenvalue weighted by molar-refractivity contribution is 7.80. The number of benzene rings is 1. The number of nitrogens with one attached hydrogen (secondary N) is 1. The van der Waals surface area contributed by atoms with Gasteiger partial charge in [0.1, 0.15) is 0 Å². The summed E-state index contributed by atoms with van der Waals surface area (Å²) in [6, 6.07) is 5.62. The molecular formula is C15H21NO2S. The average molecular weight is 279 g/mol. The third kappa shape index (κ3) is 4.25. The molecule has 1 aliphatic rings. The maximum absolute atomic E-state index is 12.1. The number of aryl methyl sites for hydroxylation is 1. The summed E-state index contributed by atoms with van der Waals surface area (Å²) in [6.45, 7) is 3.46. The van der Waals surface area contributed by atoms with Crippen molar-refractivity contribution in [2.75, 3.05) is 13.2 Å². The molecule has 4 heteroatoms. The van der Waals surface area contributed by atoms with Gasteiger partial charge in [0.25, 0.3) is 5.91 Å². The topological polar surface area (TPSA) is 38.3 Å². The van der Waals surface area contributed by atoms with Gasteiger partial charge in [0.15, 0.2) is 0 Å². The SMILES string of the molecule is Cc1ccc(S)cc1C(=O)NCCC1CCCCO1. The third-order valence-electron chi connectivity index (χ3n) is 3.49. The lowest BCUT2D eigenvalue weighted by atomic mass is 10.1. The van der Waals surface area contributed by atoms with Crippen molar-refractivity contribution in [2.45, 2.75) is 43.6 Å². The first-order valence-corrected chi connectivity index (χ1v) is 7.31. The first-order chi connectivity index (χ1) is 9.16. The smallest absolute Gasteiger partial charge is 0.251 e. The molecule has 1 heterocycles. The molecule has 0 saturated carbocycles. The van der Waals surface area contributed by atoms with Gasteiger partial charge in [-0.2, -0.15) is 0 Å². The van der Waals surface area contributed by atoms with Crippen molar-refractivity contribution >= 4 is 18.5 Å². The van der Waals surface area contributed by atoms with Crippen LogP contribution < -0.4 is 5.32 Å². The number of hydrogen-bond acceptors (Lipinski definition) is 3. The number of carbonyl (C=O) groups excluding carboxylic acids is 1. The van der Waals surface area contributed by atoms with E-state index in [1.54, 1.807) is 0 Å². The molecule has 1 fully saturated rings. The molecule has 1 N–H and O–H groups in total. The Morgan fingerprint density at radius 1 is 1.47 bits per heavy atom. The van der Waals surface area contributed by atoms with Crippen LogP contribution >= 0.6 is 12.6 Å². The minimum Gasteiger partial charge on any atom is -0.378 e.